The first-order chi connectivity index (χ1) is 7.68. The zero-order chi connectivity index (χ0) is 11.5. The molecule has 4 heteroatoms. The SMILES string of the molecule is Cc1cccc(Cl)c1NC(=O)[C@@H]1CCCN1. The Morgan fingerprint density at radius 3 is 3.00 bits per heavy atom. The summed E-state index contributed by atoms with van der Waals surface area (Å²) in [5.74, 6) is 0.00806. The summed E-state index contributed by atoms with van der Waals surface area (Å²) < 4.78 is 0. The van der Waals surface area contributed by atoms with Crippen LogP contribution < -0.4 is 10.6 Å². The Morgan fingerprint density at radius 2 is 2.38 bits per heavy atom. The van der Waals surface area contributed by atoms with Crippen molar-refractivity contribution in [1.29, 1.82) is 0 Å². The van der Waals surface area contributed by atoms with E-state index in [1.165, 1.54) is 0 Å². The summed E-state index contributed by atoms with van der Waals surface area (Å²) in [6.45, 7) is 2.85. The molecule has 1 saturated heterocycles. The third-order valence-electron chi connectivity index (χ3n) is 2.85. The highest BCUT2D eigenvalue weighted by Crippen LogP contribution is 2.25. The molecule has 3 nitrogen and oxygen atoms in total. The first-order valence-corrected chi connectivity index (χ1v) is 5.85. The minimum atomic E-state index is -0.0735. The van der Waals surface area contributed by atoms with E-state index in [0.29, 0.717) is 5.02 Å². The molecule has 86 valence electrons. The Bertz CT molecular complexity index is 380. The van der Waals surface area contributed by atoms with Crippen LogP contribution in [0.15, 0.2) is 18.2 Å². The van der Waals surface area contributed by atoms with Crippen LogP contribution in [0.4, 0.5) is 5.69 Å². The quantitative estimate of drug-likeness (QED) is 0.831. The second-order valence-electron chi connectivity index (χ2n) is 4.07. The molecule has 0 spiro atoms. The molecule has 2 rings (SSSR count). The van der Waals surface area contributed by atoms with Crippen molar-refractivity contribution in [2.45, 2.75) is 25.8 Å². The first kappa shape index (κ1) is 11.4. The minimum absolute atomic E-state index is 0.00806. The Balaban J connectivity index is 2.11. The summed E-state index contributed by atoms with van der Waals surface area (Å²) >= 11 is 6.05. The Morgan fingerprint density at radius 1 is 1.56 bits per heavy atom. The van der Waals surface area contributed by atoms with Crippen molar-refractivity contribution in [1.82, 2.24) is 5.32 Å². The Kier molecular flexibility index (Phi) is 3.46. The number of hydrogen-bond acceptors (Lipinski definition) is 2. The molecule has 1 heterocycles. The minimum Gasteiger partial charge on any atom is -0.323 e. The molecule has 0 bridgehead atoms. The van der Waals surface area contributed by atoms with Crippen LogP contribution in [-0.2, 0) is 4.79 Å². The van der Waals surface area contributed by atoms with Gasteiger partial charge in [-0.15, -0.1) is 0 Å². The van der Waals surface area contributed by atoms with Crippen molar-refractivity contribution in [2.24, 2.45) is 0 Å². The first-order valence-electron chi connectivity index (χ1n) is 5.48. The number of nitrogens with one attached hydrogen (secondary N) is 2. The van der Waals surface area contributed by atoms with Gasteiger partial charge in [-0.1, -0.05) is 23.7 Å². The second-order valence-corrected chi connectivity index (χ2v) is 4.48. The summed E-state index contributed by atoms with van der Waals surface area (Å²) in [7, 11) is 0. The van der Waals surface area contributed by atoms with E-state index >= 15 is 0 Å². The fourth-order valence-electron chi connectivity index (χ4n) is 1.91. The summed E-state index contributed by atoms with van der Waals surface area (Å²) in [5, 5.41) is 6.64. The van der Waals surface area contributed by atoms with Gasteiger partial charge in [0.05, 0.1) is 16.8 Å². The molecule has 0 unspecified atom stereocenters. The van der Waals surface area contributed by atoms with Gasteiger partial charge in [0.25, 0.3) is 0 Å². The zero-order valence-corrected chi connectivity index (χ0v) is 9.97. The topological polar surface area (TPSA) is 41.1 Å². The van der Waals surface area contributed by atoms with Crippen molar-refractivity contribution in [3.8, 4) is 0 Å². The van der Waals surface area contributed by atoms with Gasteiger partial charge in [0.15, 0.2) is 0 Å². The Hall–Kier alpha value is -1.06. The van der Waals surface area contributed by atoms with Gasteiger partial charge in [-0.05, 0) is 37.9 Å². The van der Waals surface area contributed by atoms with Gasteiger partial charge in [0.2, 0.25) is 5.91 Å². The van der Waals surface area contributed by atoms with Crippen LogP contribution in [0.25, 0.3) is 0 Å². The molecule has 0 radical (unpaired) electrons. The lowest BCUT2D eigenvalue weighted by Crippen LogP contribution is -2.35. The zero-order valence-electron chi connectivity index (χ0n) is 9.22. The van der Waals surface area contributed by atoms with E-state index < -0.39 is 0 Å². The molecule has 1 atom stereocenters. The number of amides is 1. The van der Waals surface area contributed by atoms with E-state index in [9.17, 15) is 4.79 Å². The van der Waals surface area contributed by atoms with Crippen LogP contribution in [0.5, 0.6) is 0 Å². The maximum absolute atomic E-state index is 11.9. The highest BCUT2D eigenvalue weighted by molar-refractivity contribution is 6.34. The van der Waals surface area contributed by atoms with E-state index in [-0.39, 0.29) is 11.9 Å². The third kappa shape index (κ3) is 2.36. The van der Waals surface area contributed by atoms with Gasteiger partial charge in [-0.25, -0.2) is 0 Å². The van der Waals surface area contributed by atoms with Gasteiger partial charge in [-0.2, -0.15) is 0 Å². The lowest BCUT2D eigenvalue weighted by atomic mass is 10.1. The smallest absolute Gasteiger partial charge is 0.241 e. The molecule has 1 amide bonds. The predicted octanol–water partition coefficient (Wildman–Crippen LogP) is 2.34. The molecule has 2 N–H and O–H groups in total. The highest BCUT2D eigenvalue weighted by atomic mass is 35.5. The van der Waals surface area contributed by atoms with Crippen LogP contribution in [-0.4, -0.2) is 18.5 Å². The fourth-order valence-corrected chi connectivity index (χ4v) is 2.18. The van der Waals surface area contributed by atoms with Crippen LogP contribution in [0, 0.1) is 6.92 Å². The second kappa shape index (κ2) is 4.85. The number of benzene rings is 1. The van der Waals surface area contributed by atoms with E-state index in [2.05, 4.69) is 10.6 Å². The fraction of sp³-hybridized carbons (Fsp3) is 0.417. The summed E-state index contributed by atoms with van der Waals surface area (Å²) in [5.41, 5.74) is 1.71. The molecule has 1 fully saturated rings. The monoisotopic (exact) mass is 238 g/mol. The van der Waals surface area contributed by atoms with Crippen molar-refractivity contribution in [2.75, 3.05) is 11.9 Å². The van der Waals surface area contributed by atoms with Crippen molar-refractivity contribution in [3.63, 3.8) is 0 Å². The molecule has 0 aliphatic carbocycles. The predicted molar refractivity (Wildman–Crippen MR) is 65.8 cm³/mol. The molecular formula is C12H15ClN2O. The largest absolute Gasteiger partial charge is 0.323 e. The van der Waals surface area contributed by atoms with Crippen molar-refractivity contribution >= 4 is 23.2 Å². The maximum Gasteiger partial charge on any atom is 0.241 e. The van der Waals surface area contributed by atoms with E-state index in [1.54, 1.807) is 6.07 Å². The van der Waals surface area contributed by atoms with Gasteiger partial charge in [0.1, 0.15) is 0 Å². The number of carbonyl (C=O) groups excluding carboxylic acids is 1. The number of halogens is 1. The number of rotatable bonds is 2. The van der Waals surface area contributed by atoms with E-state index in [4.69, 9.17) is 11.6 Å². The van der Waals surface area contributed by atoms with Crippen molar-refractivity contribution in [3.05, 3.63) is 28.8 Å². The van der Waals surface area contributed by atoms with Gasteiger partial charge < -0.3 is 10.6 Å². The number of hydrogen-bond donors (Lipinski definition) is 2. The molecule has 1 aliphatic rings. The lowest BCUT2D eigenvalue weighted by Gasteiger charge is -2.14. The van der Waals surface area contributed by atoms with E-state index in [1.807, 2.05) is 19.1 Å². The average Bonchev–Trinajstić information content (AvgIpc) is 2.76. The van der Waals surface area contributed by atoms with Gasteiger partial charge in [-0.3, -0.25) is 4.79 Å². The van der Waals surface area contributed by atoms with Gasteiger partial charge >= 0.3 is 0 Å². The molecule has 0 aromatic heterocycles. The number of anilines is 1. The average molecular weight is 239 g/mol. The maximum atomic E-state index is 11.9. The Labute approximate surface area is 100 Å². The van der Waals surface area contributed by atoms with Crippen molar-refractivity contribution < 1.29 is 4.79 Å². The summed E-state index contributed by atoms with van der Waals surface area (Å²) in [6.07, 6.45) is 1.95. The number of para-hydroxylation sites is 1. The number of aryl methyl sites for hydroxylation is 1. The van der Waals surface area contributed by atoms with Crippen LogP contribution in [0.1, 0.15) is 18.4 Å². The molecule has 1 aliphatic heterocycles. The summed E-state index contributed by atoms with van der Waals surface area (Å²) in [4.78, 5) is 11.9. The molecule has 0 saturated carbocycles. The molecular weight excluding hydrogens is 224 g/mol. The molecule has 1 aromatic carbocycles. The van der Waals surface area contributed by atoms with E-state index in [0.717, 1.165) is 30.6 Å². The molecule has 1 aromatic rings. The van der Waals surface area contributed by atoms with Gasteiger partial charge in [0, 0.05) is 0 Å². The third-order valence-corrected chi connectivity index (χ3v) is 3.16. The standard InChI is InChI=1S/C12H15ClN2O/c1-8-4-2-5-9(13)11(8)15-12(16)10-6-3-7-14-10/h2,4-5,10,14H,3,6-7H2,1H3,(H,15,16)/t10-/m0/s1. The normalized spacial score (nSPS) is 19.8. The highest BCUT2D eigenvalue weighted by Gasteiger charge is 2.22. The van der Waals surface area contributed by atoms with Crippen LogP contribution in [0.2, 0.25) is 5.02 Å². The molecule has 16 heavy (non-hydrogen) atoms. The number of carbonyl (C=O) groups is 1. The lowest BCUT2D eigenvalue weighted by molar-refractivity contribution is -0.117. The summed E-state index contributed by atoms with van der Waals surface area (Å²) in [6, 6.07) is 5.52. The van der Waals surface area contributed by atoms with Crippen LogP contribution >= 0.6 is 11.6 Å². The van der Waals surface area contributed by atoms with Crippen LogP contribution in [0.3, 0.4) is 0 Å².